The van der Waals surface area contributed by atoms with E-state index in [-0.39, 0.29) is 5.91 Å². The summed E-state index contributed by atoms with van der Waals surface area (Å²) in [5.74, 6) is 1.39. The van der Waals surface area contributed by atoms with E-state index in [9.17, 15) is 4.79 Å². The van der Waals surface area contributed by atoms with Crippen LogP contribution >= 0.6 is 0 Å². The predicted octanol–water partition coefficient (Wildman–Crippen LogP) is 4.93. The molecule has 27 heavy (non-hydrogen) atoms. The SMILES string of the molecule is O=C(NCCc1c[nH]c2ccccc12)c1ccc(Oc2ccccc2)cc1. The molecule has 0 saturated heterocycles. The first-order valence-electron chi connectivity index (χ1n) is 8.96. The van der Waals surface area contributed by atoms with Gasteiger partial charge >= 0.3 is 0 Å². The van der Waals surface area contributed by atoms with E-state index < -0.39 is 0 Å². The minimum absolute atomic E-state index is 0.0823. The number of nitrogens with one attached hydrogen (secondary N) is 2. The summed E-state index contributed by atoms with van der Waals surface area (Å²) in [4.78, 5) is 15.6. The Kier molecular flexibility index (Phi) is 4.88. The van der Waals surface area contributed by atoms with Gasteiger partial charge < -0.3 is 15.0 Å². The molecule has 0 radical (unpaired) electrons. The number of amides is 1. The highest BCUT2D eigenvalue weighted by atomic mass is 16.5. The second-order valence-corrected chi connectivity index (χ2v) is 6.30. The molecule has 3 aromatic carbocycles. The van der Waals surface area contributed by atoms with E-state index in [0.29, 0.717) is 17.9 Å². The van der Waals surface area contributed by atoms with Crippen molar-refractivity contribution in [1.29, 1.82) is 0 Å². The Bertz CT molecular complexity index is 1040. The van der Waals surface area contributed by atoms with Crippen molar-refractivity contribution >= 4 is 16.8 Å². The molecule has 4 aromatic rings. The first kappa shape index (κ1) is 16.9. The zero-order valence-electron chi connectivity index (χ0n) is 14.8. The number of rotatable bonds is 6. The quantitative estimate of drug-likeness (QED) is 0.514. The highest BCUT2D eigenvalue weighted by molar-refractivity contribution is 5.94. The standard InChI is InChI=1S/C23H20N2O2/c26-23(24-15-14-18-16-25-22-9-5-4-8-21(18)22)17-10-12-20(13-11-17)27-19-6-2-1-3-7-19/h1-13,16,25H,14-15H2,(H,24,26). The number of aromatic amines is 1. The third-order valence-corrected chi connectivity index (χ3v) is 4.45. The van der Waals surface area contributed by atoms with Crippen molar-refractivity contribution in [2.75, 3.05) is 6.54 Å². The number of fused-ring (bicyclic) bond motifs is 1. The molecule has 0 aliphatic carbocycles. The average molecular weight is 356 g/mol. The van der Waals surface area contributed by atoms with Crippen LogP contribution in [-0.2, 0) is 6.42 Å². The van der Waals surface area contributed by atoms with Crippen LogP contribution in [0.15, 0.2) is 85.1 Å². The van der Waals surface area contributed by atoms with E-state index in [2.05, 4.69) is 22.4 Å². The summed E-state index contributed by atoms with van der Waals surface area (Å²) in [7, 11) is 0. The molecule has 2 N–H and O–H groups in total. The Balaban J connectivity index is 1.33. The first-order chi connectivity index (χ1) is 13.3. The fraction of sp³-hybridized carbons (Fsp3) is 0.0870. The van der Waals surface area contributed by atoms with Crippen LogP contribution in [0.2, 0.25) is 0 Å². The number of ether oxygens (including phenoxy) is 1. The molecule has 0 spiro atoms. The second kappa shape index (κ2) is 7.79. The Morgan fingerprint density at radius 2 is 1.56 bits per heavy atom. The van der Waals surface area contributed by atoms with Crippen molar-refractivity contribution in [2.45, 2.75) is 6.42 Å². The number of benzene rings is 3. The van der Waals surface area contributed by atoms with Gasteiger partial charge in [-0.1, -0.05) is 36.4 Å². The molecule has 0 atom stereocenters. The molecule has 0 saturated carbocycles. The largest absolute Gasteiger partial charge is 0.457 e. The van der Waals surface area contributed by atoms with Crippen LogP contribution in [0.3, 0.4) is 0 Å². The molecule has 1 amide bonds. The summed E-state index contributed by atoms with van der Waals surface area (Å²) < 4.78 is 5.75. The fourth-order valence-electron chi connectivity index (χ4n) is 3.05. The van der Waals surface area contributed by atoms with Crippen LogP contribution in [0.25, 0.3) is 10.9 Å². The van der Waals surface area contributed by atoms with Gasteiger partial charge in [-0.2, -0.15) is 0 Å². The maximum absolute atomic E-state index is 12.3. The number of hydrogen-bond acceptors (Lipinski definition) is 2. The molecule has 4 heteroatoms. The average Bonchev–Trinajstić information content (AvgIpc) is 3.12. The van der Waals surface area contributed by atoms with Crippen molar-refractivity contribution in [3.63, 3.8) is 0 Å². The lowest BCUT2D eigenvalue weighted by Crippen LogP contribution is -2.25. The van der Waals surface area contributed by atoms with Gasteiger partial charge in [0.2, 0.25) is 0 Å². The number of H-pyrrole nitrogens is 1. The number of carbonyl (C=O) groups is 1. The maximum Gasteiger partial charge on any atom is 0.251 e. The van der Waals surface area contributed by atoms with Gasteiger partial charge in [-0.15, -0.1) is 0 Å². The molecule has 0 aliphatic heterocycles. The van der Waals surface area contributed by atoms with Gasteiger partial charge in [-0.3, -0.25) is 4.79 Å². The van der Waals surface area contributed by atoms with E-state index >= 15 is 0 Å². The van der Waals surface area contributed by atoms with Crippen molar-refractivity contribution in [3.8, 4) is 11.5 Å². The first-order valence-corrected chi connectivity index (χ1v) is 8.96. The van der Waals surface area contributed by atoms with E-state index in [1.807, 2.05) is 60.8 Å². The highest BCUT2D eigenvalue weighted by Crippen LogP contribution is 2.21. The van der Waals surface area contributed by atoms with Crippen molar-refractivity contribution in [2.24, 2.45) is 0 Å². The summed E-state index contributed by atoms with van der Waals surface area (Å²) in [6.07, 6.45) is 2.79. The topological polar surface area (TPSA) is 54.1 Å². The highest BCUT2D eigenvalue weighted by Gasteiger charge is 2.07. The second-order valence-electron chi connectivity index (χ2n) is 6.30. The molecular formula is C23H20N2O2. The minimum Gasteiger partial charge on any atom is -0.457 e. The van der Waals surface area contributed by atoms with Crippen LogP contribution in [0.1, 0.15) is 15.9 Å². The normalized spacial score (nSPS) is 10.7. The number of aromatic nitrogens is 1. The Morgan fingerprint density at radius 3 is 2.37 bits per heavy atom. The van der Waals surface area contributed by atoms with Gasteiger partial charge in [-0.05, 0) is 54.4 Å². The Labute approximate surface area is 157 Å². The van der Waals surface area contributed by atoms with E-state index in [1.54, 1.807) is 12.1 Å². The van der Waals surface area contributed by atoms with Crippen LogP contribution in [0.5, 0.6) is 11.5 Å². The third kappa shape index (κ3) is 4.01. The van der Waals surface area contributed by atoms with Crippen LogP contribution in [0, 0.1) is 0 Å². The van der Waals surface area contributed by atoms with Gasteiger partial charge in [0.05, 0.1) is 0 Å². The lowest BCUT2D eigenvalue weighted by atomic mass is 10.1. The monoisotopic (exact) mass is 356 g/mol. The van der Waals surface area contributed by atoms with Crippen LogP contribution < -0.4 is 10.1 Å². The molecule has 0 fully saturated rings. The van der Waals surface area contributed by atoms with Gasteiger partial charge in [-0.25, -0.2) is 0 Å². The molecule has 0 unspecified atom stereocenters. The van der Waals surface area contributed by atoms with Crippen molar-refractivity contribution in [1.82, 2.24) is 10.3 Å². The zero-order chi connectivity index (χ0) is 18.5. The Morgan fingerprint density at radius 1 is 0.852 bits per heavy atom. The number of para-hydroxylation sites is 2. The van der Waals surface area contributed by atoms with Gasteiger partial charge in [0.15, 0.2) is 0 Å². The molecule has 1 aromatic heterocycles. The van der Waals surface area contributed by atoms with Gasteiger partial charge in [0, 0.05) is 29.2 Å². The molecule has 1 heterocycles. The maximum atomic E-state index is 12.3. The smallest absolute Gasteiger partial charge is 0.251 e. The summed E-state index contributed by atoms with van der Waals surface area (Å²) in [6, 6.07) is 24.9. The van der Waals surface area contributed by atoms with E-state index in [0.717, 1.165) is 17.7 Å². The lowest BCUT2D eigenvalue weighted by Gasteiger charge is -2.07. The molecule has 0 aliphatic rings. The predicted molar refractivity (Wildman–Crippen MR) is 107 cm³/mol. The fourth-order valence-corrected chi connectivity index (χ4v) is 3.05. The van der Waals surface area contributed by atoms with Crippen LogP contribution in [-0.4, -0.2) is 17.4 Å². The molecule has 134 valence electrons. The van der Waals surface area contributed by atoms with E-state index in [4.69, 9.17) is 4.74 Å². The van der Waals surface area contributed by atoms with Crippen LogP contribution in [0.4, 0.5) is 0 Å². The minimum atomic E-state index is -0.0823. The summed E-state index contributed by atoms with van der Waals surface area (Å²) in [6.45, 7) is 0.586. The molecule has 4 nitrogen and oxygen atoms in total. The van der Waals surface area contributed by atoms with Gasteiger partial charge in [0.1, 0.15) is 11.5 Å². The summed E-state index contributed by atoms with van der Waals surface area (Å²) in [5.41, 5.74) is 2.94. The van der Waals surface area contributed by atoms with Crippen molar-refractivity contribution in [3.05, 3.63) is 96.2 Å². The molecular weight excluding hydrogens is 336 g/mol. The zero-order valence-corrected chi connectivity index (χ0v) is 14.8. The third-order valence-electron chi connectivity index (χ3n) is 4.45. The molecule has 4 rings (SSSR count). The number of carbonyl (C=O) groups excluding carboxylic acids is 1. The van der Waals surface area contributed by atoms with Gasteiger partial charge in [0.25, 0.3) is 5.91 Å². The number of hydrogen-bond donors (Lipinski definition) is 2. The van der Waals surface area contributed by atoms with Crippen molar-refractivity contribution < 1.29 is 9.53 Å². The Hall–Kier alpha value is -3.53. The summed E-state index contributed by atoms with van der Waals surface area (Å²) in [5, 5.41) is 4.18. The van der Waals surface area contributed by atoms with E-state index in [1.165, 1.54) is 10.9 Å². The summed E-state index contributed by atoms with van der Waals surface area (Å²) >= 11 is 0. The lowest BCUT2D eigenvalue weighted by molar-refractivity contribution is 0.0954. The molecule has 0 bridgehead atoms.